The number of hydrogen-bond acceptors (Lipinski definition) is 2. The highest BCUT2D eigenvalue weighted by atomic mass is 79.9. The maximum Gasteiger partial charge on any atom is 0.293 e. The number of benzene rings is 1. The van der Waals surface area contributed by atoms with Gasteiger partial charge in [-0.3, -0.25) is 4.79 Å². The van der Waals surface area contributed by atoms with Crippen LogP contribution >= 0.6 is 27.5 Å². The highest BCUT2D eigenvalue weighted by Gasteiger charge is 2.00. The van der Waals surface area contributed by atoms with Crippen LogP contribution < -0.4 is 0 Å². The molecule has 2 nitrogen and oxygen atoms in total. The van der Waals surface area contributed by atoms with E-state index < -0.39 is 0 Å². The van der Waals surface area contributed by atoms with E-state index in [0.29, 0.717) is 11.5 Å². The summed E-state index contributed by atoms with van der Waals surface area (Å²) in [4.78, 5) is 9.88. The van der Waals surface area contributed by atoms with Crippen LogP contribution in [0.15, 0.2) is 22.7 Å². The molecule has 0 N–H and O–H groups in total. The zero-order valence-electron chi connectivity index (χ0n) is 6.09. The van der Waals surface area contributed by atoms with Gasteiger partial charge >= 0.3 is 0 Å². The third kappa shape index (κ3) is 2.50. The van der Waals surface area contributed by atoms with Gasteiger partial charge in [0.05, 0.1) is 0 Å². The molecule has 0 saturated heterocycles. The molecule has 64 valence electrons. The summed E-state index contributed by atoms with van der Waals surface area (Å²) in [5.74, 6) is 0. The summed E-state index contributed by atoms with van der Waals surface area (Å²) in [6.45, 7) is 0.619. The highest BCUT2D eigenvalue weighted by molar-refractivity contribution is 9.10. The summed E-state index contributed by atoms with van der Waals surface area (Å²) in [5, 5.41) is 0.589. The van der Waals surface area contributed by atoms with Crippen molar-refractivity contribution in [2.24, 2.45) is 0 Å². The van der Waals surface area contributed by atoms with E-state index in [9.17, 15) is 4.79 Å². The molecule has 0 aromatic heterocycles. The Morgan fingerprint density at radius 3 is 2.92 bits per heavy atom. The second kappa shape index (κ2) is 4.48. The second-order valence-electron chi connectivity index (χ2n) is 2.14. The Labute approximate surface area is 83.6 Å². The molecule has 0 unspecified atom stereocenters. The molecule has 0 radical (unpaired) electrons. The molecule has 1 aromatic rings. The standard InChI is InChI=1S/C8H6BrClO2/c9-7-2-1-6(4-12-5-11)8(10)3-7/h1-3,5H,4H2. The van der Waals surface area contributed by atoms with Crippen molar-refractivity contribution in [1.29, 1.82) is 0 Å². The van der Waals surface area contributed by atoms with Crippen LogP contribution in [0.25, 0.3) is 0 Å². The van der Waals surface area contributed by atoms with Gasteiger partial charge in [0.1, 0.15) is 6.61 Å². The maximum absolute atomic E-state index is 9.88. The van der Waals surface area contributed by atoms with E-state index >= 15 is 0 Å². The van der Waals surface area contributed by atoms with Gasteiger partial charge in [0.15, 0.2) is 0 Å². The zero-order chi connectivity index (χ0) is 8.97. The Morgan fingerprint density at radius 2 is 2.33 bits per heavy atom. The Balaban J connectivity index is 2.78. The molecule has 0 spiro atoms. The lowest BCUT2D eigenvalue weighted by Gasteiger charge is -2.02. The fraction of sp³-hybridized carbons (Fsp3) is 0.125. The van der Waals surface area contributed by atoms with E-state index in [4.69, 9.17) is 11.6 Å². The van der Waals surface area contributed by atoms with E-state index in [-0.39, 0.29) is 6.61 Å². The molecular weight excluding hydrogens is 243 g/mol. The fourth-order valence-corrected chi connectivity index (χ4v) is 1.49. The number of rotatable bonds is 3. The van der Waals surface area contributed by atoms with Crippen molar-refractivity contribution in [2.45, 2.75) is 6.61 Å². The first-order chi connectivity index (χ1) is 5.74. The van der Waals surface area contributed by atoms with Gasteiger partial charge in [-0.15, -0.1) is 0 Å². The average molecular weight is 249 g/mol. The minimum absolute atomic E-state index is 0.218. The summed E-state index contributed by atoms with van der Waals surface area (Å²) < 4.78 is 5.46. The molecule has 0 atom stereocenters. The molecule has 0 fully saturated rings. The summed E-state index contributed by atoms with van der Waals surface area (Å²) in [6, 6.07) is 5.40. The molecule has 0 aliphatic rings. The SMILES string of the molecule is O=COCc1ccc(Br)cc1Cl. The van der Waals surface area contributed by atoms with Gasteiger partial charge in [-0.1, -0.05) is 33.6 Å². The monoisotopic (exact) mass is 248 g/mol. The summed E-state index contributed by atoms with van der Waals surface area (Å²) >= 11 is 9.11. The Kier molecular flexibility index (Phi) is 3.56. The fourth-order valence-electron chi connectivity index (χ4n) is 0.763. The van der Waals surface area contributed by atoms with Crippen LogP contribution in [0.5, 0.6) is 0 Å². The molecule has 0 bridgehead atoms. The van der Waals surface area contributed by atoms with Crippen molar-refractivity contribution in [3.8, 4) is 0 Å². The van der Waals surface area contributed by atoms with E-state index in [2.05, 4.69) is 20.7 Å². The van der Waals surface area contributed by atoms with Crippen LogP contribution in [0.4, 0.5) is 0 Å². The van der Waals surface area contributed by atoms with Crippen molar-refractivity contribution < 1.29 is 9.53 Å². The van der Waals surface area contributed by atoms with Crippen LogP contribution in [-0.2, 0) is 16.1 Å². The summed E-state index contributed by atoms with van der Waals surface area (Å²) in [6.07, 6.45) is 0. The topological polar surface area (TPSA) is 26.3 Å². The maximum atomic E-state index is 9.88. The van der Waals surface area contributed by atoms with E-state index in [1.807, 2.05) is 6.07 Å². The third-order valence-electron chi connectivity index (χ3n) is 1.32. The summed E-state index contributed by atoms with van der Waals surface area (Å²) in [7, 11) is 0. The lowest BCUT2D eigenvalue weighted by atomic mass is 10.2. The Bertz CT molecular complexity index is 288. The van der Waals surface area contributed by atoms with Crippen molar-refractivity contribution in [3.05, 3.63) is 33.3 Å². The van der Waals surface area contributed by atoms with Crippen molar-refractivity contribution in [3.63, 3.8) is 0 Å². The molecule has 4 heteroatoms. The molecule has 1 rings (SSSR count). The van der Waals surface area contributed by atoms with Gasteiger partial charge < -0.3 is 4.74 Å². The van der Waals surface area contributed by atoms with Gasteiger partial charge in [-0.05, 0) is 12.1 Å². The Morgan fingerprint density at radius 1 is 1.58 bits per heavy atom. The number of halogens is 2. The highest BCUT2D eigenvalue weighted by Crippen LogP contribution is 2.21. The number of ether oxygens (including phenoxy) is 1. The van der Waals surface area contributed by atoms with Gasteiger partial charge in [-0.2, -0.15) is 0 Å². The Hall–Kier alpha value is -0.540. The molecule has 0 amide bonds. The first-order valence-electron chi connectivity index (χ1n) is 3.23. The number of carbonyl (C=O) groups excluding carboxylic acids is 1. The molecule has 12 heavy (non-hydrogen) atoms. The van der Waals surface area contributed by atoms with E-state index in [1.54, 1.807) is 12.1 Å². The van der Waals surface area contributed by atoms with E-state index in [1.165, 1.54) is 0 Å². The minimum Gasteiger partial charge on any atom is -0.463 e. The van der Waals surface area contributed by atoms with Crippen molar-refractivity contribution >= 4 is 34.0 Å². The van der Waals surface area contributed by atoms with Crippen LogP contribution in [0.3, 0.4) is 0 Å². The quantitative estimate of drug-likeness (QED) is 0.770. The largest absolute Gasteiger partial charge is 0.463 e. The lowest BCUT2D eigenvalue weighted by molar-refractivity contribution is -0.129. The zero-order valence-corrected chi connectivity index (χ0v) is 8.43. The van der Waals surface area contributed by atoms with Gasteiger partial charge in [0.2, 0.25) is 0 Å². The molecule has 0 heterocycles. The minimum atomic E-state index is 0.218. The van der Waals surface area contributed by atoms with E-state index in [0.717, 1.165) is 10.0 Å². The van der Waals surface area contributed by atoms with Crippen LogP contribution in [0.2, 0.25) is 5.02 Å². The molecule has 0 aliphatic carbocycles. The van der Waals surface area contributed by atoms with Crippen LogP contribution in [0, 0.1) is 0 Å². The predicted molar refractivity (Wildman–Crippen MR) is 50.0 cm³/mol. The smallest absolute Gasteiger partial charge is 0.293 e. The molecular formula is C8H6BrClO2. The lowest BCUT2D eigenvalue weighted by Crippen LogP contribution is -1.90. The normalized spacial score (nSPS) is 9.50. The van der Waals surface area contributed by atoms with Crippen LogP contribution in [0.1, 0.15) is 5.56 Å². The number of carbonyl (C=O) groups is 1. The predicted octanol–water partition coefficient (Wildman–Crippen LogP) is 2.78. The number of hydrogen-bond donors (Lipinski definition) is 0. The molecule has 0 aliphatic heterocycles. The van der Waals surface area contributed by atoms with Crippen LogP contribution in [-0.4, -0.2) is 6.47 Å². The molecule has 0 saturated carbocycles. The average Bonchev–Trinajstić information content (AvgIpc) is 2.03. The van der Waals surface area contributed by atoms with Crippen molar-refractivity contribution in [2.75, 3.05) is 0 Å². The van der Waals surface area contributed by atoms with Crippen molar-refractivity contribution in [1.82, 2.24) is 0 Å². The third-order valence-corrected chi connectivity index (χ3v) is 2.17. The summed E-state index contributed by atoms with van der Waals surface area (Å²) in [5.41, 5.74) is 0.798. The van der Waals surface area contributed by atoms with Gasteiger partial charge in [0, 0.05) is 15.1 Å². The van der Waals surface area contributed by atoms with Gasteiger partial charge in [-0.25, -0.2) is 0 Å². The van der Waals surface area contributed by atoms with Gasteiger partial charge in [0.25, 0.3) is 6.47 Å². The first kappa shape index (κ1) is 9.55. The first-order valence-corrected chi connectivity index (χ1v) is 4.40. The molecule has 1 aromatic carbocycles. The second-order valence-corrected chi connectivity index (χ2v) is 3.47.